The summed E-state index contributed by atoms with van der Waals surface area (Å²) in [6.07, 6.45) is 2.69. The van der Waals surface area contributed by atoms with Crippen molar-refractivity contribution >= 4 is 17.3 Å². The molecule has 1 fully saturated rings. The Balaban J connectivity index is 1.62. The summed E-state index contributed by atoms with van der Waals surface area (Å²) in [6.45, 7) is 3.85. The van der Waals surface area contributed by atoms with Crippen LogP contribution in [-0.4, -0.2) is 32.3 Å². The third-order valence-corrected chi connectivity index (χ3v) is 5.90. The van der Waals surface area contributed by atoms with E-state index in [1.165, 1.54) is 10.6 Å². The number of aryl methyl sites for hydroxylation is 1. The molecule has 0 spiro atoms. The number of hydrogen-bond acceptors (Lipinski definition) is 4. The van der Waals surface area contributed by atoms with Gasteiger partial charge in [0.25, 0.3) is 5.56 Å². The second kappa shape index (κ2) is 6.14. The molecule has 5 rings (SSSR count). The van der Waals surface area contributed by atoms with Crippen LogP contribution in [0, 0.1) is 0 Å². The van der Waals surface area contributed by atoms with Crippen LogP contribution < -0.4 is 10.9 Å². The maximum Gasteiger partial charge on any atom is 0.271 e. The molecule has 1 amide bonds. The van der Waals surface area contributed by atoms with Crippen LogP contribution in [0.5, 0.6) is 0 Å². The number of benzene rings is 1. The normalized spacial score (nSPS) is 17.0. The number of rotatable bonds is 4. The van der Waals surface area contributed by atoms with Gasteiger partial charge in [0.05, 0.1) is 0 Å². The quantitative estimate of drug-likeness (QED) is 0.715. The fraction of sp³-hybridized carbons (Fsp3) is 0.364. The van der Waals surface area contributed by atoms with E-state index in [2.05, 4.69) is 10.4 Å². The molecular formula is C22H22N4O3. The summed E-state index contributed by atoms with van der Waals surface area (Å²) in [6, 6.07) is 9.05. The van der Waals surface area contributed by atoms with E-state index in [4.69, 9.17) is 4.98 Å². The Kier molecular flexibility index (Phi) is 3.78. The standard InChI is InChI=1S/C22H22N4O3/c1-12(2)23-21(29)22(9-10-22)20-24-19-16(6-8-18(28)26(19)25-20)14-3-5-15-13(11-14)4-7-17(15)27/h3,5-6,8,11-12H,4,7,9-10H2,1-2H3,(H,23,29)(H,24,25). The van der Waals surface area contributed by atoms with Gasteiger partial charge in [0, 0.05) is 29.7 Å². The van der Waals surface area contributed by atoms with Gasteiger partial charge in [-0.2, -0.15) is 4.52 Å². The Bertz CT molecular complexity index is 1230. The molecule has 148 valence electrons. The number of Topliss-reactive ketones (excluding diaryl/α,β-unsaturated/α-hetero) is 1. The van der Waals surface area contributed by atoms with Gasteiger partial charge in [-0.3, -0.25) is 19.5 Å². The molecule has 0 bridgehead atoms. The fourth-order valence-corrected chi connectivity index (χ4v) is 4.14. The van der Waals surface area contributed by atoms with Crippen LogP contribution in [0.3, 0.4) is 0 Å². The first kappa shape index (κ1) is 17.8. The van der Waals surface area contributed by atoms with E-state index in [0.717, 1.165) is 28.7 Å². The number of ketones is 1. The van der Waals surface area contributed by atoms with Gasteiger partial charge < -0.3 is 5.32 Å². The van der Waals surface area contributed by atoms with Gasteiger partial charge in [-0.25, -0.2) is 4.98 Å². The first-order chi connectivity index (χ1) is 13.9. The lowest BCUT2D eigenvalue weighted by Crippen LogP contribution is -2.39. The highest BCUT2D eigenvalue weighted by molar-refractivity contribution is 6.01. The van der Waals surface area contributed by atoms with E-state index in [-0.39, 0.29) is 23.3 Å². The van der Waals surface area contributed by atoms with Crippen LogP contribution in [0.4, 0.5) is 0 Å². The van der Waals surface area contributed by atoms with Gasteiger partial charge >= 0.3 is 0 Å². The fourth-order valence-electron chi connectivity index (χ4n) is 4.14. The minimum Gasteiger partial charge on any atom is -0.353 e. The Hall–Kier alpha value is -3.22. The number of carbonyl (C=O) groups excluding carboxylic acids is 2. The van der Waals surface area contributed by atoms with Crippen LogP contribution in [0.25, 0.3) is 16.8 Å². The maximum atomic E-state index is 12.7. The number of carbonyl (C=O) groups is 2. The van der Waals surface area contributed by atoms with Crippen molar-refractivity contribution in [2.75, 3.05) is 0 Å². The monoisotopic (exact) mass is 390 g/mol. The summed E-state index contributed by atoms with van der Waals surface area (Å²) < 4.78 is 1.41. The van der Waals surface area contributed by atoms with Crippen LogP contribution >= 0.6 is 0 Å². The Morgan fingerprint density at radius 1 is 1.14 bits per heavy atom. The second-order valence-corrected chi connectivity index (χ2v) is 8.32. The zero-order chi connectivity index (χ0) is 20.3. The molecule has 1 aromatic carbocycles. The highest BCUT2D eigenvalue weighted by Crippen LogP contribution is 2.47. The predicted octanol–water partition coefficient (Wildman–Crippen LogP) is 2.37. The lowest BCUT2D eigenvalue weighted by molar-refractivity contribution is -0.124. The van der Waals surface area contributed by atoms with Crippen molar-refractivity contribution in [2.45, 2.75) is 51.0 Å². The van der Waals surface area contributed by atoms with Crippen molar-refractivity contribution in [1.82, 2.24) is 19.9 Å². The molecule has 7 heteroatoms. The van der Waals surface area contributed by atoms with Crippen LogP contribution in [0.1, 0.15) is 54.9 Å². The number of nitrogens with one attached hydrogen (secondary N) is 2. The second-order valence-electron chi connectivity index (χ2n) is 8.32. The number of aromatic amines is 1. The van der Waals surface area contributed by atoms with Crippen molar-refractivity contribution in [2.24, 2.45) is 0 Å². The molecule has 2 aliphatic carbocycles. The van der Waals surface area contributed by atoms with E-state index in [1.54, 1.807) is 6.07 Å². The van der Waals surface area contributed by atoms with Gasteiger partial charge in [0.2, 0.25) is 5.91 Å². The Labute approximate surface area is 167 Å². The van der Waals surface area contributed by atoms with Crippen molar-refractivity contribution in [3.8, 4) is 11.1 Å². The minimum atomic E-state index is -0.690. The zero-order valence-electron chi connectivity index (χ0n) is 16.4. The molecule has 0 aliphatic heterocycles. The summed E-state index contributed by atoms with van der Waals surface area (Å²) in [5.41, 5.74) is 3.11. The highest BCUT2D eigenvalue weighted by Gasteiger charge is 2.54. The van der Waals surface area contributed by atoms with Crippen LogP contribution in [-0.2, 0) is 16.6 Å². The Morgan fingerprint density at radius 2 is 1.90 bits per heavy atom. The molecular weight excluding hydrogens is 368 g/mol. The van der Waals surface area contributed by atoms with Crippen molar-refractivity contribution in [1.29, 1.82) is 0 Å². The molecule has 29 heavy (non-hydrogen) atoms. The minimum absolute atomic E-state index is 0.0387. The van der Waals surface area contributed by atoms with E-state index >= 15 is 0 Å². The first-order valence-electron chi connectivity index (χ1n) is 9.99. The molecule has 2 aliphatic rings. The topological polar surface area (TPSA) is 96.3 Å². The smallest absolute Gasteiger partial charge is 0.271 e. The largest absolute Gasteiger partial charge is 0.353 e. The lowest BCUT2D eigenvalue weighted by Gasteiger charge is -2.14. The molecule has 0 saturated heterocycles. The lowest BCUT2D eigenvalue weighted by atomic mass is 10.0. The number of hydrogen-bond donors (Lipinski definition) is 2. The molecule has 3 aromatic rings. The van der Waals surface area contributed by atoms with Crippen LogP contribution in [0.15, 0.2) is 35.1 Å². The molecule has 0 unspecified atom stereocenters. The average Bonchev–Trinajstić information content (AvgIpc) is 3.24. The summed E-state index contributed by atoms with van der Waals surface area (Å²) in [5.74, 6) is 0.642. The molecule has 1 saturated carbocycles. The van der Waals surface area contributed by atoms with E-state index in [0.29, 0.717) is 30.7 Å². The number of amides is 1. The number of pyridine rings is 1. The third kappa shape index (κ3) is 2.72. The molecule has 0 atom stereocenters. The summed E-state index contributed by atoms with van der Waals surface area (Å²) in [4.78, 5) is 41.8. The summed E-state index contributed by atoms with van der Waals surface area (Å²) in [5, 5.41) is 6.03. The maximum absolute atomic E-state index is 12.7. The molecule has 2 aromatic heterocycles. The molecule has 7 nitrogen and oxygen atoms in total. The summed E-state index contributed by atoms with van der Waals surface area (Å²) >= 11 is 0. The van der Waals surface area contributed by atoms with E-state index in [1.807, 2.05) is 32.0 Å². The van der Waals surface area contributed by atoms with Crippen molar-refractivity contribution in [3.05, 3.63) is 57.6 Å². The van der Waals surface area contributed by atoms with E-state index < -0.39 is 5.41 Å². The van der Waals surface area contributed by atoms with Gasteiger partial charge in [-0.1, -0.05) is 18.2 Å². The van der Waals surface area contributed by atoms with Crippen LogP contribution in [0.2, 0.25) is 0 Å². The average molecular weight is 390 g/mol. The van der Waals surface area contributed by atoms with Gasteiger partial charge in [0.1, 0.15) is 11.2 Å². The van der Waals surface area contributed by atoms with Crippen molar-refractivity contribution < 1.29 is 9.59 Å². The first-order valence-corrected chi connectivity index (χ1v) is 9.99. The van der Waals surface area contributed by atoms with Gasteiger partial charge in [0.15, 0.2) is 11.4 Å². The van der Waals surface area contributed by atoms with Gasteiger partial charge in [-0.15, -0.1) is 0 Å². The van der Waals surface area contributed by atoms with E-state index in [9.17, 15) is 14.4 Å². The predicted molar refractivity (Wildman–Crippen MR) is 108 cm³/mol. The number of fused-ring (bicyclic) bond motifs is 2. The molecule has 2 heterocycles. The highest BCUT2D eigenvalue weighted by atomic mass is 16.2. The zero-order valence-corrected chi connectivity index (χ0v) is 16.4. The molecule has 0 radical (unpaired) electrons. The SMILES string of the molecule is CC(C)NC(=O)C1(c2nc3c(-c4ccc5c(c4)CCC5=O)ccc(=O)n3[nH]2)CC1. The number of H-pyrrole nitrogens is 1. The number of nitrogens with zero attached hydrogens (tertiary/aromatic N) is 2. The van der Waals surface area contributed by atoms with Gasteiger partial charge in [-0.05, 0) is 50.3 Å². The van der Waals surface area contributed by atoms with Crippen molar-refractivity contribution in [3.63, 3.8) is 0 Å². The summed E-state index contributed by atoms with van der Waals surface area (Å²) in [7, 11) is 0. The number of aromatic nitrogens is 3. The third-order valence-electron chi connectivity index (χ3n) is 5.90. The molecule has 2 N–H and O–H groups in total. The Morgan fingerprint density at radius 3 is 2.62 bits per heavy atom.